The molecule has 0 aliphatic carbocycles. The molecule has 0 spiro atoms. The van der Waals surface area contributed by atoms with Gasteiger partial charge in [-0.2, -0.15) is 0 Å². The fraction of sp³-hybridized carbons (Fsp3) is 0.0952. The number of rotatable bonds is 6. The third-order valence-electron chi connectivity index (χ3n) is 4.24. The predicted octanol–water partition coefficient (Wildman–Crippen LogP) is 5.46. The lowest BCUT2D eigenvalue weighted by molar-refractivity contribution is -0.384. The fourth-order valence-corrected chi connectivity index (χ4v) is 3.86. The molecule has 0 atom stereocenters. The number of nitrogens with zero attached hydrogens (tertiary/aromatic N) is 2. The van der Waals surface area contributed by atoms with Crippen LogP contribution in [0.15, 0.2) is 66.7 Å². The molecule has 0 aliphatic rings. The highest BCUT2D eigenvalue weighted by atomic mass is 32.1. The second-order valence-electron chi connectivity index (χ2n) is 6.04. The molecule has 0 amide bonds. The third-order valence-corrected chi connectivity index (χ3v) is 5.31. The van der Waals surface area contributed by atoms with Gasteiger partial charge in [0.2, 0.25) is 0 Å². The van der Waals surface area contributed by atoms with E-state index >= 15 is 0 Å². The summed E-state index contributed by atoms with van der Waals surface area (Å²) in [6.07, 6.45) is 0. The molecular weight excluding hydrogens is 376 g/mol. The van der Waals surface area contributed by atoms with Crippen LogP contribution in [0.4, 0.5) is 5.69 Å². The lowest BCUT2D eigenvalue weighted by Crippen LogP contribution is -2.00. The summed E-state index contributed by atoms with van der Waals surface area (Å²) in [7, 11) is 1.51. The number of fused-ring (bicyclic) bond motifs is 1. The van der Waals surface area contributed by atoms with Crippen LogP contribution in [0.2, 0.25) is 0 Å². The van der Waals surface area contributed by atoms with Crippen molar-refractivity contribution < 1.29 is 14.4 Å². The molecule has 1 heterocycles. The highest BCUT2D eigenvalue weighted by molar-refractivity contribution is 7.21. The maximum absolute atomic E-state index is 11.7. The first-order valence-electron chi connectivity index (χ1n) is 8.55. The van der Waals surface area contributed by atoms with E-state index in [1.54, 1.807) is 6.07 Å². The van der Waals surface area contributed by atoms with Crippen molar-refractivity contribution in [2.45, 2.75) is 6.61 Å². The van der Waals surface area contributed by atoms with Gasteiger partial charge in [-0.05, 0) is 17.7 Å². The molecule has 28 heavy (non-hydrogen) atoms. The summed E-state index contributed by atoms with van der Waals surface area (Å²) in [5, 5.41) is 12.3. The summed E-state index contributed by atoms with van der Waals surface area (Å²) in [4.78, 5) is 15.8. The van der Waals surface area contributed by atoms with Crippen LogP contribution in [-0.4, -0.2) is 17.0 Å². The van der Waals surface area contributed by atoms with Gasteiger partial charge in [0, 0.05) is 6.07 Å². The first-order valence-corrected chi connectivity index (χ1v) is 9.36. The van der Waals surface area contributed by atoms with Gasteiger partial charge < -0.3 is 9.47 Å². The summed E-state index contributed by atoms with van der Waals surface area (Å²) >= 11 is 1.41. The Kier molecular flexibility index (Phi) is 4.90. The molecule has 0 radical (unpaired) electrons. The Hall–Kier alpha value is -3.45. The van der Waals surface area contributed by atoms with Gasteiger partial charge in [0.1, 0.15) is 11.6 Å². The lowest BCUT2D eigenvalue weighted by atomic mass is 10.1. The number of methoxy groups -OCH3 is 1. The van der Waals surface area contributed by atoms with Gasteiger partial charge in [-0.25, -0.2) is 4.98 Å². The zero-order valence-corrected chi connectivity index (χ0v) is 15.8. The van der Waals surface area contributed by atoms with E-state index in [1.807, 2.05) is 54.6 Å². The minimum atomic E-state index is -0.420. The molecule has 3 aromatic carbocycles. The van der Waals surface area contributed by atoms with E-state index in [1.165, 1.54) is 24.5 Å². The van der Waals surface area contributed by atoms with Gasteiger partial charge in [-0.1, -0.05) is 42.5 Å². The molecule has 0 fully saturated rings. The standard InChI is InChI=1S/C21H16N2O4S/c1-26-18-11-15(21-22-16-9-5-6-10-20(16)28-21)17(23(24)25)12-19(18)27-13-14-7-3-2-4-8-14/h2-12H,13H2,1H3. The summed E-state index contributed by atoms with van der Waals surface area (Å²) < 4.78 is 12.2. The van der Waals surface area contributed by atoms with E-state index < -0.39 is 4.92 Å². The van der Waals surface area contributed by atoms with E-state index in [9.17, 15) is 10.1 Å². The Morgan fingerprint density at radius 3 is 2.50 bits per heavy atom. The fourth-order valence-electron chi connectivity index (χ4n) is 2.87. The molecule has 0 saturated heterocycles. The van der Waals surface area contributed by atoms with Gasteiger partial charge in [0.15, 0.2) is 11.5 Å². The Balaban J connectivity index is 1.75. The molecule has 0 bridgehead atoms. The van der Waals surface area contributed by atoms with Crippen molar-refractivity contribution in [3.8, 4) is 22.1 Å². The van der Waals surface area contributed by atoms with Crippen LogP contribution >= 0.6 is 11.3 Å². The number of benzene rings is 3. The van der Waals surface area contributed by atoms with Crippen molar-refractivity contribution in [3.05, 3.63) is 82.4 Å². The van der Waals surface area contributed by atoms with Gasteiger partial charge in [0.25, 0.3) is 5.69 Å². The molecule has 1 aromatic heterocycles. The number of thiazole rings is 1. The van der Waals surface area contributed by atoms with Crippen LogP contribution in [0.5, 0.6) is 11.5 Å². The first kappa shape index (κ1) is 17.9. The Morgan fingerprint density at radius 1 is 1.04 bits per heavy atom. The van der Waals surface area contributed by atoms with Crippen LogP contribution in [0, 0.1) is 10.1 Å². The monoisotopic (exact) mass is 392 g/mol. The third kappa shape index (κ3) is 3.52. The number of nitro groups is 1. The summed E-state index contributed by atoms with van der Waals surface area (Å²) in [6, 6.07) is 20.3. The van der Waals surface area contributed by atoms with Crippen molar-refractivity contribution >= 4 is 27.2 Å². The van der Waals surface area contributed by atoms with Crippen molar-refractivity contribution in [1.82, 2.24) is 4.98 Å². The lowest BCUT2D eigenvalue weighted by Gasteiger charge is -2.12. The topological polar surface area (TPSA) is 74.5 Å². The average molecular weight is 392 g/mol. The van der Waals surface area contributed by atoms with E-state index in [2.05, 4.69) is 4.98 Å². The molecule has 0 unspecified atom stereocenters. The second-order valence-corrected chi connectivity index (χ2v) is 7.07. The number of aromatic nitrogens is 1. The molecular formula is C21H16N2O4S. The predicted molar refractivity (Wildman–Crippen MR) is 109 cm³/mol. The van der Waals surface area contributed by atoms with E-state index in [4.69, 9.17) is 9.47 Å². The van der Waals surface area contributed by atoms with Gasteiger partial charge in [0.05, 0.1) is 33.9 Å². The largest absolute Gasteiger partial charge is 0.493 e. The molecule has 4 aromatic rings. The highest BCUT2D eigenvalue weighted by Gasteiger charge is 2.23. The van der Waals surface area contributed by atoms with Crippen molar-refractivity contribution in [2.75, 3.05) is 7.11 Å². The molecule has 140 valence electrons. The van der Waals surface area contributed by atoms with Crippen molar-refractivity contribution in [2.24, 2.45) is 0 Å². The molecule has 0 saturated carbocycles. The normalized spacial score (nSPS) is 10.8. The molecule has 0 N–H and O–H groups in total. The van der Waals surface area contributed by atoms with Gasteiger partial charge in [-0.3, -0.25) is 10.1 Å². The van der Waals surface area contributed by atoms with E-state index in [-0.39, 0.29) is 12.3 Å². The van der Waals surface area contributed by atoms with Gasteiger partial charge in [-0.15, -0.1) is 11.3 Å². The highest BCUT2D eigenvalue weighted by Crippen LogP contribution is 2.42. The van der Waals surface area contributed by atoms with E-state index in [0.717, 1.165) is 15.8 Å². The molecule has 7 heteroatoms. The minimum Gasteiger partial charge on any atom is -0.493 e. The molecule has 4 rings (SSSR count). The van der Waals surface area contributed by atoms with Gasteiger partial charge >= 0.3 is 0 Å². The quantitative estimate of drug-likeness (QED) is 0.322. The van der Waals surface area contributed by atoms with Crippen LogP contribution in [0.25, 0.3) is 20.8 Å². The maximum Gasteiger partial charge on any atom is 0.283 e. The smallest absolute Gasteiger partial charge is 0.283 e. The summed E-state index contributed by atoms with van der Waals surface area (Å²) in [6.45, 7) is 0.287. The van der Waals surface area contributed by atoms with Crippen LogP contribution < -0.4 is 9.47 Å². The van der Waals surface area contributed by atoms with Crippen LogP contribution in [-0.2, 0) is 6.61 Å². The van der Waals surface area contributed by atoms with Crippen LogP contribution in [0.1, 0.15) is 5.56 Å². The average Bonchev–Trinajstić information content (AvgIpc) is 3.16. The van der Waals surface area contributed by atoms with Crippen molar-refractivity contribution in [1.29, 1.82) is 0 Å². The SMILES string of the molecule is COc1cc(-c2nc3ccccc3s2)c([N+](=O)[O-])cc1OCc1ccccc1. The Bertz CT molecular complexity index is 1110. The number of para-hydroxylation sites is 1. The zero-order valence-electron chi connectivity index (χ0n) is 15.0. The first-order chi connectivity index (χ1) is 13.7. The zero-order chi connectivity index (χ0) is 19.5. The van der Waals surface area contributed by atoms with E-state index in [0.29, 0.717) is 22.1 Å². The van der Waals surface area contributed by atoms with Crippen molar-refractivity contribution in [3.63, 3.8) is 0 Å². The number of hydrogen-bond donors (Lipinski definition) is 0. The number of hydrogen-bond acceptors (Lipinski definition) is 6. The minimum absolute atomic E-state index is 0.0667. The molecule has 0 aliphatic heterocycles. The Morgan fingerprint density at radius 2 is 1.79 bits per heavy atom. The summed E-state index contributed by atoms with van der Waals surface area (Å²) in [5.41, 5.74) is 2.11. The number of ether oxygens (including phenoxy) is 2. The van der Waals surface area contributed by atoms with Crippen LogP contribution in [0.3, 0.4) is 0 Å². The maximum atomic E-state index is 11.7. The summed E-state index contributed by atoms with van der Waals surface area (Å²) in [5.74, 6) is 0.749. The Labute approximate surface area is 165 Å². The second kappa shape index (κ2) is 7.66. The molecule has 6 nitrogen and oxygen atoms in total. The number of nitro benzene ring substituents is 1.